The molecular weight excluding hydrogens is 289 g/mol. The third-order valence-corrected chi connectivity index (χ3v) is 8.35. The Morgan fingerprint density at radius 1 is 0.545 bits per heavy atom. The van der Waals surface area contributed by atoms with Crippen LogP contribution in [0, 0.1) is 0 Å². The van der Waals surface area contributed by atoms with Crippen molar-refractivity contribution in [2.24, 2.45) is 11.0 Å². The van der Waals surface area contributed by atoms with Crippen molar-refractivity contribution in [2.45, 2.75) is 0 Å². The number of rotatable bonds is 3. The van der Waals surface area contributed by atoms with Gasteiger partial charge in [0, 0.05) is 0 Å². The van der Waals surface area contributed by atoms with Crippen LogP contribution in [0.25, 0.3) is 0 Å². The van der Waals surface area contributed by atoms with E-state index in [1.54, 1.807) is 0 Å². The van der Waals surface area contributed by atoms with Crippen molar-refractivity contribution in [3.63, 3.8) is 0 Å². The zero-order chi connectivity index (χ0) is 15.7. The van der Waals surface area contributed by atoms with Crippen LogP contribution in [0.1, 0.15) is 0 Å². The topological polar surface area (TPSA) is 78.1 Å². The Balaban J connectivity index is 2.41. The van der Waals surface area contributed by atoms with E-state index in [-0.39, 0.29) is 0 Å². The second-order valence-electron chi connectivity index (χ2n) is 5.49. The SMILES string of the molecule is Nc1ccccc1P(N)(N)(c1ccccc1)c1ccccc1. The molecule has 3 aromatic carbocycles. The standard InChI is InChI=1S/C18H20N3P/c19-17-13-7-8-14-18(17)22(20,21,15-9-3-1-4-10-15)16-11-5-2-6-12-16/h1-14H,19-21H2. The second kappa shape index (κ2) is 5.22. The molecule has 0 unspecified atom stereocenters. The van der Waals surface area contributed by atoms with Gasteiger partial charge in [0.05, 0.1) is 0 Å². The molecule has 0 radical (unpaired) electrons. The molecule has 0 saturated heterocycles. The molecule has 0 spiro atoms. The van der Waals surface area contributed by atoms with E-state index in [2.05, 4.69) is 0 Å². The van der Waals surface area contributed by atoms with E-state index in [0.717, 1.165) is 15.9 Å². The summed E-state index contributed by atoms with van der Waals surface area (Å²) in [5.74, 6) is 0. The first-order valence-corrected chi connectivity index (χ1v) is 9.50. The van der Waals surface area contributed by atoms with Gasteiger partial charge in [0.15, 0.2) is 0 Å². The van der Waals surface area contributed by atoms with Gasteiger partial charge in [-0.05, 0) is 0 Å². The molecule has 0 fully saturated rings. The van der Waals surface area contributed by atoms with Crippen molar-refractivity contribution in [1.82, 2.24) is 0 Å². The van der Waals surface area contributed by atoms with Crippen LogP contribution in [0.15, 0.2) is 84.9 Å². The van der Waals surface area contributed by atoms with E-state index in [1.165, 1.54) is 0 Å². The molecule has 6 N–H and O–H groups in total. The number of anilines is 1. The van der Waals surface area contributed by atoms with Crippen LogP contribution in [-0.4, -0.2) is 0 Å². The predicted octanol–water partition coefficient (Wildman–Crippen LogP) is 1.85. The molecule has 0 aliphatic rings. The number of nitrogens with two attached hydrogens (primary N) is 3. The maximum atomic E-state index is 7.03. The molecule has 0 aliphatic carbocycles. The van der Waals surface area contributed by atoms with E-state index in [4.69, 9.17) is 16.7 Å². The average molecular weight is 309 g/mol. The molecule has 0 aromatic heterocycles. The van der Waals surface area contributed by atoms with Crippen molar-refractivity contribution in [1.29, 1.82) is 0 Å². The normalized spacial score (nSPS) is 13.3. The van der Waals surface area contributed by atoms with Crippen LogP contribution < -0.4 is 32.7 Å². The fraction of sp³-hybridized carbons (Fsp3) is 0. The van der Waals surface area contributed by atoms with E-state index in [1.807, 2.05) is 84.9 Å². The summed E-state index contributed by atoms with van der Waals surface area (Å²) in [4.78, 5) is 0. The molecule has 0 bridgehead atoms. The van der Waals surface area contributed by atoms with Crippen molar-refractivity contribution in [3.8, 4) is 0 Å². The fourth-order valence-corrected chi connectivity index (χ4v) is 6.37. The zero-order valence-corrected chi connectivity index (χ0v) is 13.2. The van der Waals surface area contributed by atoms with Crippen molar-refractivity contribution < 1.29 is 0 Å². The molecule has 4 heteroatoms. The Kier molecular flexibility index (Phi) is 3.50. The summed E-state index contributed by atoms with van der Waals surface area (Å²) >= 11 is 0. The quantitative estimate of drug-likeness (QED) is 0.510. The van der Waals surface area contributed by atoms with E-state index < -0.39 is 6.90 Å². The summed E-state index contributed by atoms with van der Waals surface area (Å²) < 4.78 is 0. The summed E-state index contributed by atoms with van der Waals surface area (Å²) in [6.07, 6.45) is 0. The maximum absolute atomic E-state index is 7.03. The first-order chi connectivity index (χ1) is 10.5. The van der Waals surface area contributed by atoms with Gasteiger partial charge in [0.1, 0.15) is 0 Å². The molecule has 3 aromatic rings. The number of hydrogen-bond donors (Lipinski definition) is 3. The zero-order valence-electron chi connectivity index (χ0n) is 12.3. The number of hydrogen-bond acceptors (Lipinski definition) is 3. The van der Waals surface area contributed by atoms with E-state index in [0.29, 0.717) is 5.69 Å². The van der Waals surface area contributed by atoms with Gasteiger partial charge in [-0.1, -0.05) is 0 Å². The van der Waals surface area contributed by atoms with Gasteiger partial charge in [-0.3, -0.25) is 0 Å². The van der Waals surface area contributed by atoms with Crippen molar-refractivity contribution >= 4 is 28.5 Å². The molecule has 3 rings (SSSR count). The van der Waals surface area contributed by atoms with Crippen LogP contribution in [0.4, 0.5) is 5.69 Å². The first-order valence-electron chi connectivity index (χ1n) is 7.12. The third kappa shape index (κ3) is 2.11. The average Bonchev–Trinajstić information content (AvgIpc) is 2.57. The molecule has 0 atom stereocenters. The van der Waals surface area contributed by atoms with Crippen LogP contribution in [0.5, 0.6) is 0 Å². The molecule has 0 aliphatic heterocycles. The Morgan fingerprint density at radius 3 is 1.41 bits per heavy atom. The summed E-state index contributed by atoms with van der Waals surface area (Å²) in [6.45, 7) is -3.55. The Bertz CT molecular complexity index is 742. The van der Waals surface area contributed by atoms with Gasteiger partial charge in [0.2, 0.25) is 0 Å². The molecule has 0 saturated carbocycles. The van der Waals surface area contributed by atoms with E-state index in [9.17, 15) is 0 Å². The molecule has 0 amide bonds. The number of para-hydroxylation sites is 1. The van der Waals surface area contributed by atoms with Gasteiger partial charge in [-0.25, -0.2) is 0 Å². The summed E-state index contributed by atoms with van der Waals surface area (Å²) in [5, 5.41) is 2.64. The number of benzene rings is 3. The minimum atomic E-state index is -3.55. The fourth-order valence-electron chi connectivity index (χ4n) is 2.85. The van der Waals surface area contributed by atoms with Gasteiger partial charge in [-0.15, -0.1) is 0 Å². The molecule has 22 heavy (non-hydrogen) atoms. The molecule has 112 valence electrons. The Hall–Kier alpha value is -2.19. The van der Waals surface area contributed by atoms with Gasteiger partial charge < -0.3 is 0 Å². The van der Waals surface area contributed by atoms with Crippen molar-refractivity contribution in [3.05, 3.63) is 84.9 Å². The van der Waals surface area contributed by atoms with Crippen LogP contribution in [0.2, 0.25) is 0 Å². The second-order valence-corrected chi connectivity index (χ2v) is 9.52. The third-order valence-electron chi connectivity index (χ3n) is 4.08. The van der Waals surface area contributed by atoms with Crippen LogP contribution in [0.3, 0.4) is 0 Å². The summed E-state index contributed by atoms with van der Waals surface area (Å²) in [5.41, 5.74) is 20.9. The minimum absolute atomic E-state index is 0.623. The van der Waals surface area contributed by atoms with E-state index >= 15 is 0 Å². The molecule has 3 nitrogen and oxygen atoms in total. The Labute approximate surface area is 130 Å². The van der Waals surface area contributed by atoms with Gasteiger partial charge >= 0.3 is 130 Å². The molecule has 0 heterocycles. The molecular formula is C18H20N3P. The van der Waals surface area contributed by atoms with Crippen molar-refractivity contribution in [2.75, 3.05) is 5.73 Å². The summed E-state index contributed by atoms with van der Waals surface area (Å²) in [7, 11) is 0. The van der Waals surface area contributed by atoms with Gasteiger partial charge in [0.25, 0.3) is 0 Å². The first kappa shape index (κ1) is 14.7. The Morgan fingerprint density at radius 2 is 0.955 bits per heavy atom. The monoisotopic (exact) mass is 309 g/mol. The van der Waals surface area contributed by atoms with Crippen LogP contribution >= 0.6 is 6.90 Å². The van der Waals surface area contributed by atoms with Crippen LogP contribution in [-0.2, 0) is 0 Å². The van der Waals surface area contributed by atoms with Gasteiger partial charge in [-0.2, -0.15) is 0 Å². The summed E-state index contributed by atoms with van der Waals surface area (Å²) in [6, 6.07) is 27.3. The predicted molar refractivity (Wildman–Crippen MR) is 97.9 cm³/mol. The number of nitrogen functional groups attached to an aromatic ring is 1.